The fourth-order valence-corrected chi connectivity index (χ4v) is 2.63. The Bertz CT molecular complexity index is 498. The quantitative estimate of drug-likeness (QED) is 0.868. The second-order valence-electron chi connectivity index (χ2n) is 3.86. The Labute approximate surface area is 109 Å². The molecule has 0 aliphatic carbocycles. The molecule has 0 aliphatic rings. The van der Waals surface area contributed by atoms with Gasteiger partial charge in [-0.15, -0.1) is 11.3 Å². The average molecular weight is 270 g/mol. The van der Waals surface area contributed by atoms with Gasteiger partial charge in [0.1, 0.15) is 5.82 Å². The first-order valence-corrected chi connectivity index (χ1v) is 6.57. The molecule has 0 spiro atoms. The molecule has 1 N–H and O–H groups in total. The third-order valence-electron chi connectivity index (χ3n) is 2.56. The molecule has 0 radical (unpaired) electrons. The van der Waals surface area contributed by atoms with Gasteiger partial charge in [-0.05, 0) is 36.8 Å². The van der Waals surface area contributed by atoms with Crippen molar-refractivity contribution in [2.45, 2.75) is 19.5 Å². The zero-order chi connectivity index (χ0) is 12.3. The first-order valence-electron chi connectivity index (χ1n) is 5.38. The van der Waals surface area contributed by atoms with Gasteiger partial charge in [-0.2, -0.15) is 0 Å². The highest BCUT2D eigenvalue weighted by Crippen LogP contribution is 2.22. The molecule has 17 heavy (non-hydrogen) atoms. The van der Waals surface area contributed by atoms with Gasteiger partial charge in [-0.3, -0.25) is 0 Å². The van der Waals surface area contributed by atoms with Crippen molar-refractivity contribution in [3.8, 4) is 0 Å². The molecule has 0 aliphatic heterocycles. The van der Waals surface area contributed by atoms with Crippen molar-refractivity contribution < 1.29 is 4.39 Å². The number of hydrogen-bond donors (Lipinski definition) is 1. The van der Waals surface area contributed by atoms with E-state index in [4.69, 9.17) is 11.6 Å². The minimum atomic E-state index is -0.199. The summed E-state index contributed by atoms with van der Waals surface area (Å²) in [5.41, 5.74) is 0.952. The number of thiophene rings is 1. The van der Waals surface area contributed by atoms with Crippen LogP contribution in [-0.4, -0.2) is 0 Å². The highest BCUT2D eigenvalue weighted by molar-refractivity contribution is 7.16. The second kappa shape index (κ2) is 5.63. The molecule has 90 valence electrons. The van der Waals surface area contributed by atoms with Crippen LogP contribution in [0.1, 0.15) is 23.4 Å². The monoisotopic (exact) mass is 269 g/mol. The Kier molecular flexibility index (Phi) is 4.15. The van der Waals surface area contributed by atoms with E-state index in [9.17, 15) is 4.39 Å². The van der Waals surface area contributed by atoms with E-state index in [0.29, 0.717) is 0 Å². The molecule has 1 unspecified atom stereocenters. The summed E-state index contributed by atoms with van der Waals surface area (Å²) in [5, 5.41) is 3.34. The lowest BCUT2D eigenvalue weighted by molar-refractivity contribution is 0.568. The molecule has 2 rings (SSSR count). The van der Waals surface area contributed by atoms with Gasteiger partial charge in [-0.25, -0.2) is 4.39 Å². The van der Waals surface area contributed by atoms with Gasteiger partial charge in [0.2, 0.25) is 0 Å². The Morgan fingerprint density at radius 2 is 2.18 bits per heavy atom. The van der Waals surface area contributed by atoms with Crippen molar-refractivity contribution in [2.75, 3.05) is 0 Å². The van der Waals surface area contributed by atoms with Crippen LogP contribution in [0.2, 0.25) is 4.34 Å². The second-order valence-corrected chi connectivity index (χ2v) is 5.66. The number of nitrogens with one attached hydrogen (secondary N) is 1. The number of hydrogen-bond acceptors (Lipinski definition) is 2. The van der Waals surface area contributed by atoms with E-state index in [1.165, 1.54) is 10.9 Å². The zero-order valence-electron chi connectivity index (χ0n) is 9.41. The van der Waals surface area contributed by atoms with E-state index in [1.54, 1.807) is 23.5 Å². The summed E-state index contributed by atoms with van der Waals surface area (Å²) in [4.78, 5) is 1.18. The lowest BCUT2D eigenvalue weighted by Gasteiger charge is -2.13. The largest absolute Gasteiger partial charge is 0.305 e. The number of rotatable bonds is 4. The molecular weight excluding hydrogens is 257 g/mol. The van der Waals surface area contributed by atoms with Gasteiger partial charge in [-0.1, -0.05) is 23.7 Å². The van der Waals surface area contributed by atoms with Gasteiger partial charge in [0.15, 0.2) is 0 Å². The fraction of sp³-hybridized carbons (Fsp3) is 0.231. The molecule has 0 amide bonds. The zero-order valence-corrected chi connectivity index (χ0v) is 11.0. The van der Waals surface area contributed by atoms with Gasteiger partial charge in [0, 0.05) is 17.5 Å². The number of benzene rings is 1. The molecule has 0 saturated carbocycles. The molecule has 1 heterocycles. The van der Waals surface area contributed by atoms with Crippen LogP contribution in [0.3, 0.4) is 0 Å². The molecule has 1 atom stereocenters. The summed E-state index contributed by atoms with van der Waals surface area (Å²) >= 11 is 7.41. The smallest absolute Gasteiger partial charge is 0.123 e. The summed E-state index contributed by atoms with van der Waals surface area (Å²) in [6.45, 7) is 2.76. The van der Waals surface area contributed by atoms with Crippen LogP contribution in [0.15, 0.2) is 36.4 Å². The normalized spacial score (nSPS) is 12.6. The van der Waals surface area contributed by atoms with Crippen molar-refractivity contribution >= 4 is 22.9 Å². The Balaban J connectivity index is 1.95. The highest BCUT2D eigenvalue weighted by atomic mass is 35.5. The molecule has 1 nitrogen and oxygen atoms in total. The minimum Gasteiger partial charge on any atom is -0.305 e. The van der Waals surface area contributed by atoms with Gasteiger partial charge in [0.25, 0.3) is 0 Å². The molecule has 4 heteroatoms. The molecule has 0 saturated heterocycles. The highest BCUT2D eigenvalue weighted by Gasteiger charge is 2.06. The summed E-state index contributed by atoms with van der Waals surface area (Å²) < 4.78 is 13.8. The summed E-state index contributed by atoms with van der Waals surface area (Å²) in [6.07, 6.45) is 0. The average Bonchev–Trinajstić information content (AvgIpc) is 2.72. The van der Waals surface area contributed by atoms with E-state index in [2.05, 4.69) is 5.32 Å². The maximum absolute atomic E-state index is 13.1. The minimum absolute atomic E-state index is 0.117. The van der Waals surface area contributed by atoms with E-state index < -0.39 is 0 Å². The third-order valence-corrected chi connectivity index (χ3v) is 3.79. The Morgan fingerprint density at radius 1 is 1.35 bits per heavy atom. The van der Waals surface area contributed by atoms with Crippen molar-refractivity contribution in [1.29, 1.82) is 0 Å². The SMILES string of the molecule is CC(NCc1ccc(Cl)s1)c1cccc(F)c1. The predicted octanol–water partition coefficient (Wildman–Crippen LogP) is 4.39. The topological polar surface area (TPSA) is 12.0 Å². The first kappa shape index (κ1) is 12.6. The van der Waals surface area contributed by atoms with Crippen LogP contribution in [0.25, 0.3) is 0 Å². The van der Waals surface area contributed by atoms with Crippen LogP contribution in [0.5, 0.6) is 0 Å². The standard InChI is InChI=1S/C13H13ClFNS/c1-9(10-3-2-4-11(15)7-10)16-8-12-5-6-13(14)17-12/h2-7,9,16H,8H2,1H3. The Hall–Kier alpha value is -0.900. The van der Waals surface area contributed by atoms with Crippen molar-refractivity contribution in [1.82, 2.24) is 5.32 Å². The fourth-order valence-electron chi connectivity index (χ4n) is 1.59. The van der Waals surface area contributed by atoms with E-state index in [-0.39, 0.29) is 11.9 Å². The molecule has 0 fully saturated rings. The summed E-state index contributed by atoms with van der Waals surface area (Å²) in [6, 6.07) is 10.7. The molecule has 0 bridgehead atoms. The van der Waals surface area contributed by atoms with Gasteiger partial charge < -0.3 is 5.32 Å². The third kappa shape index (κ3) is 3.53. The van der Waals surface area contributed by atoms with Gasteiger partial charge in [0.05, 0.1) is 4.34 Å². The van der Waals surface area contributed by atoms with Crippen molar-refractivity contribution in [3.63, 3.8) is 0 Å². The Morgan fingerprint density at radius 3 is 2.82 bits per heavy atom. The van der Waals surface area contributed by atoms with Crippen LogP contribution in [0.4, 0.5) is 4.39 Å². The number of halogens is 2. The molecule has 1 aromatic carbocycles. The van der Waals surface area contributed by atoms with Crippen LogP contribution < -0.4 is 5.32 Å². The van der Waals surface area contributed by atoms with Crippen LogP contribution >= 0.6 is 22.9 Å². The van der Waals surface area contributed by atoms with Crippen molar-refractivity contribution in [3.05, 3.63) is 57.0 Å². The van der Waals surface area contributed by atoms with Gasteiger partial charge >= 0.3 is 0 Å². The summed E-state index contributed by atoms with van der Waals surface area (Å²) in [5.74, 6) is -0.199. The van der Waals surface area contributed by atoms with E-state index in [0.717, 1.165) is 16.4 Å². The van der Waals surface area contributed by atoms with Crippen molar-refractivity contribution in [2.24, 2.45) is 0 Å². The molecular formula is C13H13ClFNS. The molecule has 1 aromatic heterocycles. The van der Waals surface area contributed by atoms with E-state index >= 15 is 0 Å². The predicted molar refractivity (Wildman–Crippen MR) is 71.0 cm³/mol. The van der Waals surface area contributed by atoms with Crippen LogP contribution in [-0.2, 0) is 6.54 Å². The van der Waals surface area contributed by atoms with Crippen LogP contribution in [0, 0.1) is 5.82 Å². The lowest BCUT2D eigenvalue weighted by atomic mass is 10.1. The maximum Gasteiger partial charge on any atom is 0.123 e. The van der Waals surface area contributed by atoms with E-state index in [1.807, 2.05) is 25.1 Å². The first-order chi connectivity index (χ1) is 8.15. The summed E-state index contributed by atoms with van der Waals surface area (Å²) in [7, 11) is 0. The lowest BCUT2D eigenvalue weighted by Crippen LogP contribution is -2.17. The maximum atomic E-state index is 13.1. The molecule has 2 aromatic rings.